The first-order valence-electron chi connectivity index (χ1n) is 7.34. The van der Waals surface area contributed by atoms with Gasteiger partial charge in [0.25, 0.3) is 0 Å². The maximum absolute atomic E-state index is 12.9. The zero-order chi connectivity index (χ0) is 18.9. The van der Waals surface area contributed by atoms with E-state index in [-0.39, 0.29) is 11.8 Å². The summed E-state index contributed by atoms with van der Waals surface area (Å²) in [5, 5.41) is 0. The summed E-state index contributed by atoms with van der Waals surface area (Å²) >= 11 is 0. The first kappa shape index (κ1) is 17.9. The Bertz CT molecular complexity index is 847. The largest absolute Gasteiger partial charge is 0.457 e. The molecule has 0 fully saturated rings. The van der Waals surface area contributed by atoms with Crippen molar-refractivity contribution in [2.75, 3.05) is 0 Å². The fraction of sp³-hybridized carbons (Fsp3) is 0.111. The Hall–Kier alpha value is -2.90. The van der Waals surface area contributed by atoms with E-state index in [1.165, 1.54) is 12.1 Å². The number of benzene rings is 2. The highest BCUT2D eigenvalue weighted by atomic mass is 19.4. The van der Waals surface area contributed by atoms with Gasteiger partial charge in [-0.25, -0.2) is 0 Å². The number of rotatable bonds is 3. The summed E-state index contributed by atoms with van der Waals surface area (Å²) in [6, 6.07) is 10.9. The van der Waals surface area contributed by atoms with Crippen molar-refractivity contribution in [1.82, 2.24) is 4.57 Å². The van der Waals surface area contributed by atoms with E-state index < -0.39 is 29.2 Å². The van der Waals surface area contributed by atoms with Crippen LogP contribution in [0, 0.1) is 0 Å². The Labute approximate surface area is 144 Å². The van der Waals surface area contributed by atoms with Crippen LogP contribution >= 0.6 is 0 Å². The monoisotopic (exact) mass is 371 g/mol. The zero-order valence-electron chi connectivity index (χ0n) is 13.0. The third-order valence-corrected chi connectivity index (χ3v) is 3.54. The van der Waals surface area contributed by atoms with Crippen LogP contribution in [0.1, 0.15) is 11.1 Å². The predicted octanol–water partition coefficient (Wildman–Crippen LogP) is 6.31. The number of hydrogen-bond acceptors (Lipinski definition) is 1. The van der Waals surface area contributed by atoms with E-state index in [1.807, 2.05) is 12.1 Å². The van der Waals surface area contributed by atoms with Crippen molar-refractivity contribution in [1.29, 1.82) is 0 Å². The standard InChI is InChI=1S/C18H11F6NO/c19-17(20,21)12-9-13(18(22,23)24)11-16(10-12)26-15-5-3-14(4-6-15)25-7-1-2-8-25/h1-11H. The lowest BCUT2D eigenvalue weighted by Crippen LogP contribution is -2.11. The first-order chi connectivity index (χ1) is 12.1. The number of alkyl halides is 6. The van der Waals surface area contributed by atoms with Gasteiger partial charge in [0.2, 0.25) is 0 Å². The molecule has 0 aliphatic carbocycles. The summed E-state index contributed by atoms with van der Waals surface area (Å²) in [5.74, 6) is -0.422. The van der Waals surface area contributed by atoms with Crippen molar-refractivity contribution in [2.45, 2.75) is 12.4 Å². The van der Waals surface area contributed by atoms with Crippen LogP contribution in [0.2, 0.25) is 0 Å². The molecule has 0 N–H and O–H groups in total. The van der Waals surface area contributed by atoms with Crippen LogP contribution in [0.25, 0.3) is 5.69 Å². The number of halogens is 6. The normalized spacial score (nSPS) is 12.2. The minimum absolute atomic E-state index is 0.0575. The molecule has 0 bridgehead atoms. The van der Waals surface area contributed by atoms with Crippen LogP contribution in [0.4, 0.5) is 26.3 Å². The first-order valence-corrected chi connectivity index (χ1v) is 7.34. The van der Waals surface area contributed by atoms with Gasteiger partial charge in [0.15, 0.2) is 0 Å². The number of hydrogen-bond donors (Lipinski definition) is 0. The molecule has 0 atom stereocenters. The van der Waals surface area contributed by atoms with Gasteiger partial charge in [-0.1, -0.05) is 0 Å². The van der Waals surface area contributed by atoms with Crippen molar-refractivity contribution in [3.8, 4) is 17.2 Å². The van der Waals surface area contributed by atoms with Gasteiger partial charge in [0.1, 0.15) is 11.5 Å². The van der Waals surface area contributed by atoms with Gasteiger partial charge in [0.05, 0.1) is 11.1 Å². The van der Waals surface area contributed by atoms with Gasteiger partial charge >= 0.3 is 12.4 Å². The Morgan fingerprint density at radius 3 is 1.62 bits per heavy atom. The molecule has 2 aromatic carbocycles. The summed E-state index contributed by atoms with van der Waals surface area (Å²) in [7, 11) is 0. The van der Waals surface area contributed by atoms with Crippen LogP contribution in [0.5, 0.6) is 11.5 Å². The van der Waals surface area contributed by atoms with E-state index in [1.54, 1.807) is 29.1 Å². The number of aromatic nitrogens is 1. The molecule has 2 nitrogen and oxygen atoms in total. The molecule has 1 heterocycles. The van der Waals surface area contributed by atoms with Gasteiger partial charge in [-0.2, -0.15) is 26.3 Å². The van der Waals surface area contributed by atoms with Gasteiger partial charge in [-0.3, -0.25) is 0 Å². The molecule has 26 heavy (non-hydrogen) atoms. The maximum atomic E-state index is 12.9. The Morgan fingerprint density at radius 2 is 1.15 bits per heavy atom. The smallest absolute Gasteiger partial charge is 0.416 e. The highest BCUT2D eigenvalue weighted by molar-refractivity contribution is 5.42. The molecule has 0 amide bonds. The minimum Gasteiger partial charge on any atom is -0.457 e. The zero-order valence-corrected chi connectivity index (χ0v) is 13.0. The third kappa shape index (κ3) is 4.01. The highest BCUT2D eigenvalue weighted by Crippen LogP contribution is 2.39. The van der Waals surface area contributed by atoms with Gasteiger partial charge in [0, 0.05) is 18.1 Å². The molecule has 1 aromatic heterocycles. The molecule has 136 valence electrons. The van der Waals surface area contributed by atoms with Crippen molar-refractivity contribution in [2.24, 2.45) is 0 Å². The average Bonchev–Trinajstić information content (AvgIpc) is 3.08. The topological polar surface area (TPSA) is 14.2 Å². The molecule has 0 radical (unpaired) electrons. The Morgan fingerprint density at radius 1 is 0.654 bits per heavy atom. The number of ether oxygens (including phenoxy) is 1. The summed E-state index contributed by atoms with van der Waals surface area (Å²) in [6.45, 7) is 0. The molecule has 8 heteroatoms. The van der Waals surface area contributed by atoms with E-state index in [2.05, 4.69) is 0 Å². The van der Waals surface area contributed by atoms with Crippen molar-refractivity contribution in [3.63, 3.8) is 0 Å². The lowest BCUT2D eigenvalue weighted by molar-refractivity contribution is -0.143. The van der Waals surface area contributed by atoms with Crippen LogP contribution in [0.15, 0.2) is 67.0 Å². The van der Waals surface area contributed by atoms with Gasteiger partial charge in [-0.15, -0.1) is 0 Å². The van der Waals surface area contributed by atoms with Crippen LogP contribution in [-0.2, 0) is 12.4 Å². The van der Waals surface area contributed by atoms with Gasteiger partial charge in [-0.05, 0) is 54.6 Å². The molecule has 0 aliphatic heterocycles. The summed E-state index contributed by atoms with van der Waals surface area (Å²) < 4.78 is 84.2. The quantitative estimate of drug-likeness (QED) is 0.492. The van der Waals surface area contributed by atoms with E-state index in [4.69, 9.17) is 4.74 Å². The van der Waals surface area contributed by atoms with Crippen molar-refractivity contribution >= 4 is 0 Å². The summed E-state index contributed by atoms with van der Waals surface area (Å²) in [4.78, 5) is 0. The average molecular weight is 371 g/mol. The Balaban J connectivity index is 1.91. The molecule has 0 saturated carbocycles. The van der Waals surface area contributed by atoms with E-state index in [0.29, 0.717) is 12.1 Å². The van der Waals surface area contributed by atoms with E-state index in [0.717, 1.165) is 5.69 Å². The maximum Gasteiger partial charge on any atom is 0.416 e. The Kier molecular flexibility index (Phi) is 4.43. The van der Waals surface area contributed by atoms with Crippen molar-refractivity contribution in [3.05, 3.63) is 78.1 Å². The minimum atomic E-state index is -4.92. The summed E-state index contributed by atoms with van der Waals surface area (Å²) in [6.07, 6.45) is -6.26. The molecular formula is C18H11F6NO. The number of nitrogens with zero attached hydrogens (tertiary/aromatic N) is 1. The highest BCUT2D eigenvalue weighted by Gasteiger charge is 2.37. The molecule has 3 rings (SSSR count). The second-order valence-corrected chi connectivity index (χ2v) is 5.43. The van der Waals surface area contributed by atoms with E-state index in [9.17, 15) is 26.3 Å². The molecule has 0 unspecified atom stereocenters. The molecule has 3 aromatic rings. The fourth-order valence-electron chi connectivity index (χ4n) is 2.31. The van der Waals surface area contributed by atoms with Crippen LogP contribution in [0.3, 0.4) is 0 Å². The fourth-order valence-corrected chi connectivity index (χ4v) is 2.31. The lowest BCUT2D eigenvalue weighted by Gasteiger charge is -2.15. The molecule has 0 spiro atoms. The second-order valence-electron chi connectivity index (χ2n) is 5.43. The third-order valence-electron chi connectivity index (χ3n) is 3.54. The second kappa shape index (κ2) is 6.44. The van der Waals surface area contributed by atoms with Gasteiger partial charge < -0.3 is 9.30 Å². The lowest BCUT2D eigenvalue weighted by atomic mass is 10.1. The summed E-state index contributed by atoms with van der Waals surface area (Å²) in [5.41, 5.74) is -2.08. The van der Waals surface area contributed by atoms with Crippen LogP contribution < -0.4 is 4.74 Å². The molecule has 0 saturated heterocycles. The van der Waals surface area contributed by atoms with Crippen molar-refractivity contribution < 1.29 is 31.1 Å². The SMILES string of the molecule is FC(F)(F)c1cc(Oc2ccc(-n3cccc3)cc2)cc(C(F)(F)F)c1. The molecule has 0 aliphatic rings. The predicted molar refractivity (Wildman–Crippen MR) is 82.3 cm³/mol. The van der Waals surface area contributed by atoms with Crippen LogP contribution in [-0.4, -0.2) is 4.57 Å². The van der Waals surface area contributed by atoms with E-state index >= 15 is 0 Å². The molecular weight excluding hydrogens is 360 g/mol.